The van der Waals surface area contributed by atoms with E-state index in [-0.39, 0.29) is 22.0 Å². The highest BCUT2D eigenvalue weighted by Crippen LogP contribution is 2.33. The summed E-state index contributed by atoms with van der Waals surface area (Å²) in [5.74, 6) is 0.435. The predicted molar refractivity (Wildman–Crippen MR) is 90.3 cm³/mol. The van der Waals surface area contributed by atoms with Gasteiger partial charge in [-0.25, -0.2) is 0 Å². The van der Waals surface area contributed by atoms with Gasteiger partial charge in [-0.1, -0.05) is 24.9 Å². The Balaban J connectivity index is 2.34. The molecule has 3 aromatic rings. The Kier molecular flexibility index (Phi) is 4.01. The summed E-state index contributed by atoms with van der Waals surface area (Å²) in [6.45, 7) is 1.97. The highest BCUT2D eigenvalue weighted by atomic mass is 35.5. The van der Waals surface area contributed by atoms with Crippen LogP contribution in [0.4, 0.5) is 0 Å². The van der Waals surface area contributed by atoms with Crippen molar-refractivity contribution in [1.29, 1.82) is 0 Å². The molecular formula is C18H15ClO4. The van der Waals surface area contributed by atoms with Crippen molar-refractivity contribution in [3.8, 4) is 22.8 Å². The van der Waals surface area contributed by atoms with Crippen molar-refractivity contribution in [2.75, 3.05) is 0 Å². The van der Waals surface area contributed by atoms with Gasteiger partial charge >= 0.3 is 0 Å². The van der Waals surface area contributed by atoms with E-state index < -0.39 is 0 Å². The normalized spacial score (nSPS) is 11.0. The van der Waals surface area contributed by atoms with Crippen LogP contribution < -0.4 is 5.43 Å². The molecule has 2 N–H and O–H groups in total. The maximum atomic E-state index is 12.8. The molecule has 0 aliphatic carbocycles. The van der Waals surface area contributed by atoms with E-state index in [9.17, 15) is 15.0 Å². The van der Waals surface area contributed by atoms with Gasteiger partial charge in [0.1, 0.15) is 22.8 Å². The lowest BCUT2D eigenvalue weighted by atomic mass is 10.0. The number of phenolic OH excluding ortho intramolecular Hbond substituents is 2. The summed E-state index contributed by atoms with van der Waals surface area (Å²) in [5, 5.41) is 19.7. The van der Waals surface area contributed by atoms with Gasteiger partial charge in [-0.15, -0.1) is 0 Å². The van der Waals surface area contributed by atoms with Gasteiger partial charge in [0.05, 0.1) is 10.4 Å². The Hall–Kier alpha value is -2.46. The summed E-state index contributed by atoms with van der Waals surface area (Å²) >= 11 is 5.97. The number of hydrogen-bond acceptors (Lipinski definition) is 4. The molecule has 2 aromatic carbocycles. The zero-order chi connectivity index (χ0) is 16.6. The molecule has 0 atom stereocenters. The second kappa shape index (κ2) is 5.97. The molecule has 0 spiro atoms. The Labute approximate surface area is 137 Å². The van der Waals surface area contributed by atoms with E-state index >= 15 is 0 Å². The average Bonchev–Trinajstić information content (AvgIpc) is 2.53. The Morgan fingerprint density at radius 1 is 1.13 bits per heavy atom. The third kappa shape index (κ3) is 2.78. The first-order valence-corrected chi connectivity index (χ1v) is 7.66. The summed E-state index contributed by atoms with van der Waals surface area (Å²) < 4.78 is 5.91. The molecule has 0 fully saturated rings. The fourth-order valence-electron chi connectivity index (χ4n) is 2.58. The van der Waals surface area contributed by atoms with Gasteiger partial charge in [-0.05, 0) is 42.8 Å². The van der Waals surface area contributed by atoms with E-state index in [2.05, 4.69) is 0 Å². The molecule has 0 bridgehead atoms. The Morgan fingerprint density at radius 2 is 1.91 bits per heavy atom. The van der Waals surface area contributed by atoms with Gasteiger partial charge < -0.3 is 14.6 Å². The number of aromatic hydroxyl groups is 2. The zero-order valence-corrected chi connectivity index (χ0v) is 13.2. The fourth-order valence-corrected chi connectivity index (χ4v) is 2.76. The lowest BCUT2D eigenvalue weighted by Crippen LogP contribution is -2.11. The minimum absolute atomic E-state index is 0.0210. The summed E-state index contributed by atoms with van der Waals surface area (Å²) in [7, 11) is 0. The second-order valence-electron chi connectivity index (χ2n) is 5.34. The van der Waals surface area contributed by atoms with Crippen LogP contribution in [0.2, 0.25) is 5.02 Å². The SMILES string of the molecule is CCCc1c(-c2ccc(O)c(Cl)c2)oc2ccc(O)cc2c1=O. The van der Waals surface area contributed by atoms with Crippen LogP contribution in [0.3, 0.4) is 0 Å². The van der Waals surface area contributed by atoms with Crippen molar-refractivity contribution in [3.05, 3.63) is 57.2 Å². The molecule has 0 saturated carbocycles. The second-order valence-corrected chi connectivity index (χ2v) is 5.74. The molecule has 4 nitrogen and oxygen atoms in total. The number of benzene rings is 2. The lowest BCUT2D eigenvalue weighted by Gasteiger charge is -2.10. The van der Waals surface area contributed by atoms with Crippen molar-refractivity contribution in [3.63, 3.8) is 0 Å². The molecule has 0 radical (unpaired) electrons. The first kappa shape index (κ1) is 15.4. The Morgan fingerprint density at radius 3 is 2.61 bits per heavy atom. The van der Waals surface area contributed by atoms with E-state index in [4.69, 9.17) is 16.0 Å². The van der Waals surface area contributed by atoms with Crippen molar-refractivity contribution in [1.82, 2.24) is 0 Å². The highest BCUT2D eigenvalue weighted by Gasteiger charge is 2.16. The molecule has 1 heterocycles. The third-order valence-corrected chi connectivity index (χ3v) is 3.98. The van der Waals surface area contributed by atoms with Crippen molar-refractivity contribution < 1.29 is 14.6 Å². The number of halogens is 1. The summed E-state index contributed by atoms with van der Waals surface area (Å²) in [4.78, 5) is 12.8. The maximum Gasteiger partial charge on any atom is 0.196 e. The van der Waals surface area contributed by atoms with E-state index in [1.54, 1.807) is 18.2 Å². The van der Waals surface area contributed by atoms with Gasteiger partial charge in [0, 0.05) is 11.1 Å². The molecule has 0 saturated heterocycles. The molecule has 0 amide bonds. The summed E-state index contributed by atoms with van der Waals surface area (Å²) in [6.07, 6.45) is 1.32. The maximum absolute atomic E-state index is 12.8. The van der Waals surface area contributed by atoms with Gasteiger partial charge in [-0.2, -0.15) is 0 Å². The number of phenols is 2. The average molecular weight is 331 g/mol. The fraction of sp³-hybridized carbons (Fsp3) is 0.167. The van der Waals surface area contributed by atoms with Crippen molar-refractivity contribution in [2.24, 2.45) is 0 Å². The minimum atomic E-state index is -0.164. The van der Waals surface area contributed by atoms with Crippen LogP contribution in [0.25, 0.3) is 22.3 Å². The molecule has 118 valence electrons. The molecule has 3 rings (SSSR count). The molecule has 5 heteroatoms. The van der Waals surface area contributed by atoms with Crippen molar-refractivity contribution in [2.45, 2.75) is 19.8 Å². The quantitative estimate of drug-likeness (QED) is 0.743. The van der Waals surface area contributed by atoms with Crippen LogP contribution in [0.1, 0.15) is 18.9 Å². The number of fused-ring (bicyclic) bond motifs is 1. The van der Waals surface area contributed by atoms with Crippen LogP contribution in [-0.4, -0.2) is 10.2 Å². The van der Waals surface area contributed by atoms with Crippen LogP contribution >= 0.6 is 11.6 Å². The molecule has 0 aliphatic rings. The zero-order valence-electron chi connectivity index (χ0n) is 12.5. The highest BCUT2D eigenvalue weighted by molar-refractivity contribution is 6.32. The predicted octanol–water partition coefficient (Wildman–Crippen LogP) is 4.48. The van der Waals surface area contributed by atoms with E-state index in [0.29, 0.717) is 34.3 Å². The van der Waals surface area contributed by atoms with Crippen LogP contribution in [0, 0.1) is 0 Å². The monoisotopic (exact) mass is 330 g/mol. The summed E-state index contributed by atoms with van der Waals surface area (Å²) in [5.41, 5.74) is 1.39. The largest absolute Gasteiger partial charge is 0.508 e. The molecule has 23 heavy (non-hydrogen) atoms. The topological polar surface area (TPSA) is 70.7 Å². The number of hydrogen-bond donors (Lipinski definition) is 2. The van der Waals surface area contributed by atoms with Crippen LogP contribution in [-0.2, 0) is 6.42 Å². The lowest BCUT2D eigenvalue weighted by molar-refractivity contribution is 0.474. The van der Waals surface area contributed by atoms with Gasteiger partial charge in [-0.3, -0.25) is 4.79 Å². The Bertz CT molecular complexity index is 944. The van der Waals surface area contributed by atoms with Gasteiger partial charge in [0.2, 0.25) is 0 Å². The minimum Gasteiger partial charge on any atom is -0.508 e. The summed E-state index contributed by atoms with van der Waals surface area (Å²) in [6, 6.07) is 9.14. The first-order chi connectivity index (χ1) is 11.0. The first-order valence-electron chi connectivity index (χ1n) is 7.29. The van der Waals surface area contributed by atoms with Crippen LogP contribution in [0.15, 0.2) is 45.6 Å². The number of rotatable bonds is 3. The molecule has 0 aliphatic heterocycles. The van der Waals surface area contributed by atoms with Gasteiger partial charge in [0.15, 0.2) is 5.43 Å². The van der Waals surface area contributed by atoms with Crippen LogP contribution in [0.5, 0.6) is 11.5 Å². The van der Waals surface area contributed by atoms with E-state index in [1.807, 2.05) is 6.92 Å². The molecular weight excluding hydrogens is 316 g/mol. The third-order valence-electron chi connectivity index (χ3n) is 3.68. The van der Waals surface area contributed by atoms with Crippen molar-refractivity contribution >= 4 is 22.6 Å². The molecule has 1 aromatic heterocycles. The van der Waals surface area contributed by atoms with E-state index in [1.165, 1.54) is 18.2 Å². The standard InChI is InChI=1S/C18H15ClO4/c1-2-3-12-17(22)13-9-11(20)5-7-16(13)23-18(12)10-4-6-15(21)14(19)8-10/h4-9,20-21H,2-3H2,1H3. The smallest absolute Gasteiger partial charge is 0.196 e. The molecule has 0 unspecified atom stereocenters. The van der Waals surface area contributed by atoms with Gasteiger partial charge in [0.25, 0.3) is 0 Å². The van der Waals surface area contributed by atoms with E-state index in [0.717, 1.165) is 6.42 Å².